The van der Waals surface area contributed by atoms with Crippen molar-refractivity contribution in [1.29, 1.82) is 0 Å². The van der Waals surface area contributed by atoms with Crippen molar-refractivity contribution in [3.8, 4) is 5.75 Å². The SMILES string of the molecule is COc1ccccc1NS(=O)(=O)c1cc(C(=O)Nc2ccc(C)cn2)ccc1C. The molecule has 0 bridgehead atoms. The minimum absolute atomic E-state index is 0.00733. The van der Waals surface area contributed by atoms with E-state index in [1.54, 1.807) is 55.6 Å². The van der Waals surface area contributed by atoms with Crippen LogP contribution in [0.15, 0.2) is 65.7 Å². The number of aromatic nitrogens is 1. The van der Waals surface area contributed by atoms with Gasteiger partial charge in [-0.05, 0) is 55.3 Å². The minimum atomic E-state index is -3.94. The van der Waals surface area contributed by atoms with Gasteiger partial charge < -0.3 is 10.1 Å². The Labute approximate surface area is 169 Å². The highest BCUT2D eigenvalue weighted by molar-refractivity contribution is 7.92. The Morgan fingerprint density at radius 1 is 1.03 bits per heavy atom. The average molecular weight is 411 g/mol. The fourth-order valence-electron chi connectivity index (χ4n) is 2.69. The summed E-state index contributed by atoms with van der Waals surface area (Å²) in [5.41, 5.74) is 2.00. The predicted octanol–water partition coefficient (Wildman–Crippen LogP) is 3.76. The number of methoxy groups -OCH3 is 1. The topological polar surface area (TPSA) is 97.4 Å². The minimum Gasteiger partial charge on any atom is -0.495 e. The molecule has 1 amide bonds. The zero-order valence-electron chi connectivity index (χ0n) is 16.3. The number of nitrogens with one attached hydrogen (secondary N) is 2. The molecule has 150 valence electrons. The summed E-state index contributed by atoms with van der Waals surface area (Å²) in [6.07, 6.45) is 1.64. The van der Waals surface area contributed by atoms with Gasteiger partial charge in [-0.2, -0.15) is 0 Å². The molecule has 1 heterocycles. The maximum Gasteiger partial charge on any atom is 0.262 e. The number of rotatable bonds is 6. The van der Waals surface area contributed by atoms with Crippen LogP contribution in [0.1, 0.15) is 21.5 Å². The second kappa shape index (κ2) is 8.32. The van der Waals surface area contributed by atoms with Gasteiger partial charge in [-0.1, -0.05) is 24.3 Å². The van der Waals surface area contributed by atoms with Crippen LogP contribution in [-0.2, 0) is 10.0 Å². The van der Waals surface area contributed by atoms with E-state index in [2.05, 4.69) is 15.0 Å². The lowest BCUT2D eigenvalue weighted by Gasteiger charge is -2.14. The number of aryl methyl sites for hydroxylation is 2. The van der Waals surface area contributed by atoms with Gasteiger partial charge in [-0.15, -0.1) is 0 Å². The number of nitrogens with zero attached hydrogens (tertiary/aromatic N) is 1. The van der Waals surface area contributed by atoms with Gasteiger partial charge >= 0.3 is 0 Å². The molecule has 2 aromatic carbocycles. The second-order valence-corrected chi connectivity index (χ2v) is 8.11. The zero-order chi connectivity index (χ0) is 21.0. The van der Waals surface area contributed by atoms with Crippen LogP contribution in [0.25, 0.3) is 0 Å². The first-order chi connectivity index (χ1) is 13.8. The second-order valence-electron chi connectivity index (χ2n) is 6.46. The van der Waals surface area contributed by atoms with E-state index in [-0.39, 0.29) is 10.5 Å². The molecule has 0 aliphatic heterocycles. The number of amides is 1. The van der Waals surface area contributed by atoms with E-state index in [0.29, 0.717) is 22.8 Å². The molecule has 3 aromatic rings. The third-order valence-electron chi connectivity index (χ3n) is 4.24. The molecule has 0 aliphatic rings. The molecule has 0 saturated heterocycles. The molecule has 2 N–H and O–H groups in total. The highest BCUT2D eigenvalue weighted by atomic mass is 32.2. The smallest absolute Gasteiger partial charge is 0.262 e. The maximum atomic E-state index is 13.0. The lowest BCUT2D eigenvalue weighted by Crippen LogP contribution is -2.17. The lowest BCUT2D eigenvalue weighted by molar-refractivity contribution is 0.102. The number of para-hydroxylation sites is 2. The number of hydrogen-bond donors (Lipinski definition) is 2. The Hall–Kier alpha value is -3.39. The van der Waals surface area contributed by atoms with Crippen molar-refractivity contribution in [3.05, 3.63) is 77.5 Å². The predicted molar refractivity (Wildman–Crippen MR) is 112 cm³/mol. The van der Waals surface area contributed by atoms with Gasteiger partial charge in [0.05, 0.1) is 17.7 Å². The van der Waals surface area contributed by atoms with Crippen LogP contribution in [0.3, 0.4) is 0 Å². The summed E-state index contributed by atoms with van der Waals surface area (Å²) >= 11 is 0. The number of ether oxygens (including phenoxy) is 1. The number of hydrogen-bond acceptors (Lipinski definition) is 5. The molecule has 0 aliphatic carbocycles. The Morgan fingerprint density at radius 3 is 2.48 bits per heavy atom. The van der Waals surface area contributed by atoms with Crippen molar-refractivity contribution in [1.82, 2.24) is 4.98 Å². The number of benzene rings is 2. The fourth-order valence-corrected chi connectivity index (χ4v) is 4.03. The molecule has 8 heteroatoms. The summed E-state index contributed by atoms with van der Waals surface area (Å²) in [5, 5.41) is 2.67. The summed E-state index contributed by atoms with van der Waals surface area (Å²) in [6, 6.07) is 14.7. The van der Waals surface area contributed by atoms with E-state index in [1.807, 2.05) is 13.0 Å². The van der Waals surface area contributed by atoms with Crippen LogP contribution in [0.4, 0.5) is 11.5 Å². The summed E-state index contributed by atoms with van der Waals surface area (Å²) < 4.78 is 33.6. The van der Waals surface area contributed by atoms with Gasteiger partial charge in [0.2, 0.25) is 0 Å². The molecular formula is C21H21N3O4S. The standard InChI is InChI=1S/C21H21N3O4S/c1-14-8-11-20(22-13-14)23-21(25)16-10-9-15(2)19(12-16)29(26,27)24-17-6-4-5-7-18(17)28-3/h4-13,24H,1-3H3,(H,22,23,25). The Bertz CT molecular complexity index is 1140. The molecule has 0 radical (unpaired) electrons. The van der Waals surface area contributed by atoms with Gasteiger partial charge in [0.25, 0.3) is 15.9 Å². The van der Waals surface area contributed by atoms with Crippen molar-refractivity contribution in [2.45, 2.75) is 18.7 Å². The van der Waals surface area contributed by atoms with Crippen LogP contribution < -0.4 is 14.8 Å². The number of carbonyl (C=O) groups is 1. The Kier molecular flexibility index (Phi) is 5.84. The highest BCUT2D eigenvalue weighted by Crippen LogP contribution is 2.27. The first-order valence-corrected chi connectivity index (χ1v) is 10.3. The summed E-state index contributed by atoms with van der Waals surface area (Å²) in [7, 11) is -2.48. The van der Waals surface area contributed by atoms with Crippen LogP contribution in [0, 0.1) is 13.8 Å². The number of carbonyl (C=O) groups excluding carboxylic acids is 1. The number of sulfonamides is 1. The molecule has 3 rings (SSSR count). The molecule has 0 unspecified atom stereocenters. The average Bonchev–Trinajstić information content (AvgIpc) is 2.70. The molecule has 7 nitrogen and oxygen atoms in total. The summed E-state index contributed by atoms with van der Waals surface area (Å²) in [4.78, 5) is 16.7. The van der Waals surface area contributed by atoms with Crippen molar-refractivity contribution >= 4 is 27.4 Å². The van der Waals surface area contributed by atoms with Crippen LogP contribution in [0.2, 0.25) is 0 Å². The fraction of sp³-hybridized carbons (Fsp3) is 0.143. The highest BCUT2D eigenvalue weighted by Gasteiger charge is 2.21. The van der Waals surface area contributed by atoms with Crippen LogP contribution in [-0.4, -0.2) is 26.4 Å². The van der Waals surface area contributed by atoms with E-state index in [1.165, 1.54) is 13.2 Å². The molecule has 0 spiro atoms. The van der Waals surface area contributed by atoms with Gasteiger partial charge in [0.15, 0.2) is 0 Å². The van der Waals surface area contributed by atoms with Crippen LogP contribution >= 0.6 is 0 Å². The Balaban J connectivity index is 1.89. The van der Waals surface area contributed by atoms with Gasteiger partial charge in [-0.25, -0.2) is 13.4 Å². The Morgan fingerprint density at radius 2 is 1.79 bits per heavy atom. The molecule has 29 heavy (non-hydrogen) atoms. The van der Waals surface area contributed by atoms with Gasteiger partial charge in [-0.3, -0.25) is 9.52 Å². The largest absolute Gasteiger partial charge is 0.495 e. The van der Waals surface area contributed by atoms with Crippen molar-refractivity contribution in [2.75, 3.05) is 17.1 Å². The molecule has 0 fully saturated rings. The van der Waals surface area contributed by atoms with Crippen molar-refractivity contribution in [3.63, 3.8) is 0 Å². The van der Waals surface area contributed by atoms with E-state index < -0.39 is 15.9 Å². The van der Waals surface area contributed by atoms with E-state index >= 15 is 0 Å². The first kappa shape index (κ1) is 20.3. The normalized spacial score (nSPS) is 11.0. The van der Waals surface area contributed by atoms with Crippen molar-refractivity contribution in [2.24, 2.45) is 0 Å². The van der Waals surface area contributed by atoms with E-state index in [9.17, 15) is 13.2 Å². The first-order valence-electron chi connectivity index (χ1n) is 8.80. The summed E-state index contributed by atoms with van der Waals surface area (Å²) in [5.74, 6) is 0.334. The number of pyridine rings is 1. The van der Waals surface area contributed by atoms with Gasteiger partial charge in [0.1, 0.15) is 11.6 Å². The third kappa shape index (κ3) is 4.72. The van der Waals surface area contributed by atoms with Crippen molar-refractivity contribution < 1.29 is 17.9 Å². The lowest BCUT2D eigenvalue weighted by atomic mass is 10.1. The number of anilines is 2. The van der Waals surface area contributed by atoms with Crippen LogP contribution in [0.5, 0.6) is 5.75 Å². The van der Waals surface area contributed by atoms with Gasteiger partial charge in [0, 0.05) is 11.8 Å². The monoisotopic (exact) mass is 411 g/mol. The molecule has 1 aromatic heterocycles. The summed E-state index contributed by atoms with van der Waals surface area (Å²) in [6.45, 7) is 3.56. The molecule has 0 atom stereocenters. The molecular weight excluding hydrogens is 390 g/mol. The third-order valence-corrected chi connectivity index (χ3v) is 5.75. The quantitative estimate of drug-likeness (QED) is 0.644. The maximum absolute atomic E-state index is 13.0. The van der Waals surface area contributed by atoms with E-state index in [4.69, 9.17) is 4.74 Å². The zero-order valence-corrected chi connectivity index (χ0v) is 17.1. The van der Waals surface area contributed by atoms with E-state index in [0.717, 1.165) is 5.56 Å². The molecule has 0 saturated carbocycles.